The Morgan fingerprint density at radius 2 is 2.13 bits per heavy atom. The van der Waals surface area contributed by atoms with Gasteiger partial charge in [-0.25, -0.2) is 4.98 Å². The number of pyridine rings is 1. The molecule has 0 aliphatic carbocycles. The third kappa shape index (κ3) is 2.72. The number of likely N-dealkylation sites (tertiary alicyclic amines) is 1. The zero-order valence-corrected chi connectivity index (χ0v) is 14.3. The molecule has 1 aliphatic rings. The van der Waals surface area contributed by atoms with Crippen LogP contribution >= 0.6 is 11.3 Å². The van der Waals surface area contributed by atoms with E-state index in [0.29, 0.717) is 5.92 Å². The van der Waals surface area contributed by atoms with Crippen LogP contribution in [0.25, 0.3) is 21.1 Å². The fourth-order valence-corrected chi connectivity index (χ4v) is 4.38. The minimum absolute atomic E-state index is 0.166. The topological polar surface area (TPSA) is 33.2 Å². The maximum atomic E-state index is 12.8. The highest BCUT2D eigenvalue weighted by molar-refractivity contribution is 7.20. The van der Waals surface area contributed by atoms with Gasteiger partial charge in [-0.05, 0) is 49.9 Å². The van der Waals surface area contributed by atoms with E-state index in [2.05, 4.69) is 38.1 Å². The van der Waals surface area contributed by atoms with E-state index in [4.69, 9.17) is 4.98 Å². The van der Waals surface area contributed by atoms with Crippen molar-refractivity contribution in [3.05, 3.63) is 40.8 Å². The quantitative estimate of drug-likeness (QED) is 0.654. The Kier molecular flexibility index (Phi) is 3.57. The number of thiophene rings is 1. The number of benzene rings is 1. The monoisotopic (exact) mass is 324 g/mol. The Hall–Kier alpha value is -1.94. The second-order valence-corrected chi connectivity index (χ2v) is 7.72. The van der Waals surface area contributed by atoms with E-state index >= 15 is 0 Å². The fraction of sp³-hybridized carbons (Fsp3) is 0.368. The highest BCUT2D eigenvalue weighted by Gasteiger charge is 2.23. The van der Waals surface area contributed by atoms with Crippen LogP contribution in [0.15, 0.2) is 30.3 Å². The molecule has 1 saturated heterocycles. The van der Waals surface area contributed by atoms with Crippen molar-refractivity contribution in [3.8, 4) is 0 Å². The fourth-order valence-electron chi connectivity index (χ4n) is 3.39. The average Bonchev–Trinajstić information content (AvgIpc) is 2.94. The minimum atomic E-state index is 0.166. The van der Waals surface area contributed by atoms with Gasteiger partial charge < -0.3 is 4.90 Å². The van der Waals surface area contributed by atoms with Crippen LogP contribution in [0.2, 0.25) is 0 Å². The molecule has 1 aliphatic heterocycles. The number of nitrogens with zero attached hydrogens (tertiary/aromatic N) is 2. The first kappa shape index (κ1) is 14.6. The van der Waals surface area contributed by atoms with E-state index < -0.39 is 0 Å². The number of aryl methyl sites for hydroxylation is 1. The second kappa shape index (κ2) is 5.60. The number of aromatic nitrogens is 1. The molecule has 1 amide bonds. The lowest BCUT2D eigenvalue weighted by Crippen LogP contribution is -2.38. The lowest BCUT2D eigenvalue weighted by Gasteiger charge is -2.30. The number of rotatable bonds is 1. The average molecular weight is 324 g/mol. The van der Waals surface area contributed by atoms with Crippen molar-refractivity contribution in [3.63, 3.8) is 0 Å². The molecule has 0 radical (unpaired) electrons. The molecule has 4 rings (SSSR count). The largest absolute Gasteiger partial charge is 0.338 e. The summed E-state index contributed by atoms with van der Waals surface area (Å²) in [6, 6.07) is 10.4. The normalized spacial score (nSPS) is 18.7. The summed E-state index contributed by atoms with van der Waals surface area (Å²) in [4.78, 5) is 21.3. The molecule has 0 saturated carbocycles. The molecule has 0 N–H and O–H groups in total. The van der Waals surface area contributed by atoms with Gasteiger partial charge in [0.15, 0.2) is 0 Å². The Labute approximate surface area is 139 Å². The van der Waals surface area contributed by atoms with Crippen molar-refractivity contribution in [2.75, 3.05) is 13.1 Å². The first-order valence-electron chi connectivity index (χ1n) is 8.20. The van der Waals surface area contributed by atoms with E-state index in [1.54, 1.807) is 0 Å². The first-order chi connectivity index (χ1) is 11.1. The van der Waals surface area contributed by atoms with Crippen molar-refractivity contribution < 1.29 is 4.79 Å². The maximum Gasteiger partial charge on any atom is 0.264 e. The molecule has 1 atom stereocenters. The number of hydrogen-bond acceptors (Lipinski definition) is 3. The van der Waals surface area contributed by atoms with Crippen molar-refractivity contribution in [2.24, 2.45) is 5.92 Å². The van der Waals surface area contributed by atoms with Crippen LogP contribution in [-0.4, -0.2) is 28.9 Å². The van der Waals surface area contributed by atoms with Gasteiger partial charge in [0.05, 0.1) is 10.4 Å². The molecular formula is C19H20N2OS. The van der Waals surface area contributed by atoms with Gasteiger partial charge >= 0.3 is 0 Å². The predicted octanol–water partition coefficient (Wildman–Crippen LogP) is 4.63. The lowest BCUT2D eigenvalue weighted by molar-refractivity contribution is 0.0688. The molecule has 4 heteroatoms. The maximum absolute atomic E-state index is 12.8. The summed E-state index contributed by atoms with van der Waals surface area (Å²) in [5.41, 5.74) is 2.23. The molecule has 0 unspecified atom stereocenters. The number of hydrogen-bond donors (Lipinski definition) is 0. The van der Waals surface area contributed by atoms with Crippen LogP contribution in [0.5, 0.6) is 0 Å². The summed E-state index contributed by atoms with van der Waals surface area (Å²) in [6.45, 7) is 6.07. The van der Waals surface area contributed by atoms with Gasteiger partial charge in [0.2, 0.25) is 0 Å². The summed E-state index contributed by atoms with van der Waals surface area (Å²) in [6.07, 6.45) is 2.34. The molecule has 3 heterocycles. The zero-order chi connectivity index (χ0) is 16.0. The van der Waals surface area contributed by atoms with Crippen LogP contribution in [0.4, 0.5) is 0 Å². The summed E-state index contributed by atoms with van der Waals surface area (Å²) < 4.78 is 0. The lowest BCUT2D eigenvalue weighted by atomic mass is 10.0. The van der Waals surface area contributed by atoms with Crippen LogP contribution in [0.1, 0.15) is 35.0 Å². The number of carbonyl (C=O) groups is 1. The Bertz CT molecular complexity index is 899. The molecule has 1 fully saturated rings. The highest BCUT2D eigenvalue weighted by Crippen LogP contribution is 2.29. The van der Waals surface area contributed by atoms with Gasteiger partial charge in [-0.1, -0.05) is 18.6 Å². The minimum Gasteiger partial charge on any atom is -0.338 e. The smallest absolute Gasteiger partial charge is 0.264 e. The third-order valence-corrected chi connectivity index (χ3v) is 5.64. The molecule has 0 spiro atoms. The van der Waals surface area contributed by atoms with Crippen molar-refractivity contribution in [1.29, 1.82) is 0 Å². The highest BCUT2D eigenvalue weighted by atomic mass is 32.1. The molecule has 118 valence electrons. The third-order valence-electron chi connectivity index (χ3n) is 4.61. The standard InChI is InChI=1S/C19H20N2OS/c1-12-5-6-16-14(8-12)9-15-10-17(23-18(15)20-16)19(22)21-7-3-4-13(2)11-21/h5-6,8-10,13H,3-4,7,11H2,1-2H3/t13-/m1/s1. The number of piperidine rings is 1. The first-order valence-corrected chi connectivity index (χ1v) is 9.02. The van der Waals surface area contributed by atoms with Crippen molar-refractivity contribution in [1.82, 2.24) is 9.88 Å². The summed E-state index contributed by atoms with van der Waals surface area (Å²) in [5.74, 6) is 0.769. The van der Waals surface area contributed by atoms with Gasteiger partial charge in [-0.2, -0.15) is 0 Å². The summed E-state index contributed by atoms with van der Waals surface area (Å²) in [5, 5.41) is 2.21. The van der Waals surface area contributed by atoms with E-state index in [9.17, 15) is 4.79 Å². The molecule has 23 heavy (non-hydrogen) atoms. The Morgan fingerprint density at radius 3 is 2.96 bits per heavy atom. The van der Waals surface area contributed by atoms with Gasteiger partial charge in [-0.15, -0.1) is 11.3 Å². The van der Waals surface area contributed by atoms with E-state index in [1.165, 1.54) is 23.3 Å². The molecule has 3 aromatic rings. The van der Waals surface area contributed by atoms with Crippen molar-refractivity contribution >= 4 is 38.4 Å². The second-order valence-electron chi connectivity index (χ2n) is 6.69. The molecule has 3 nitrogen and oxygen atoms in total. The van der Waals surface area contributed by atoms with Crippen LogP contribution in [0, 0.1) is 12.8 Å². The van der Waals surface area contributed by atoms with E-state index in [1.807, 2.05) is 11.0 Å². The number of carbonyl (C=O) groups excluding carboxylic acids is 1. The molecule has 2 aromatic heterocycles. The van der Waals surface area contributed by atoms with Crippen LogP contribution in [-0.2, 0) is 0 Å². The predicted molar refractivity (Wildman–Crippen MR) is 96.2 cm³/mol. The molecule has 1 aromatic carbocycles. The molecule has 0 bridgehead atoms. The number of amides is 1. The Morgan fingerprint density at radius 1 is 1.26 bits per heavy atom. The van der Waals surface area contributed by atoms with Gasteiger partial charge in [0.25, 0.3) is 5.91 Å². The SMILES string of the molecule is Cc1ccc2nc3sc(C(=O)N4CCC[C@@H](C)C4)cc3cc2c1. The Balaban J connectivity index is 1.73. The van der Waals surface area contributed by atoms with Crippen molar-refractivity contribution in [2.45, 2.75) is 26.7 Å². The molecular weight excluding hydrogens is 304 g/mol. The zero-order valence-electron chi connectivity index (χ0n) is 13.5. The van der Waals surface area contributed by atoms with E-state index in [-0.39, 0.29) is 5.91 Å². The van der Waals surface area contributed by atoms with Crippen LogP contribution in [0.3, 0.4) is 0 Å². The van der Waals surface area contributed by atoms with Crippen LogP contribution < -0.4 is 0 Å². The summed E-state index contributed by atoms with van der Waals surface area (Å²) >= 11 is 1.52. The van der Waals surface area contributed by atoms with Gasteiger partial charge in [-0.3, -0.25) is 4.79 Å². The summed E-state index contributed by atoms with van der Waals surface area (Å²) in [7, 11) is 0. The van der Waals surface area contributed by atoms with Gasteiger partial charge in [0.1, 0.15) is 4.83 Å². The number of fused-ring (bicyclic) bond motifs is 2. The van der Waals surface area contributed by atoms with E-state index in [0.717, 1.165) is 45.5 Å². The van der Waals surface area contributed by atoms with Gasteiger partial charge in [0, 0.05) is 23.9 Å².